The van der Waals surface area contributed by atoms with Crippen molar-refractivity contribution >= 4 is 30.9 Å². The van der Waals surface area contributed by atoms with Gasteiger partial charge < -0.3 is 15.2 Å². The highest BCUT2D eigenvalue weighted by atomic mass is 35.5. The number of hydrogen-bond acceptors (Lipinski definition) is 4. The Morgan fingerprint density at radius 3 is 2.57 bits per heavy atom. The van der Waals surface area contributed by atoms with Crippen molar-refractivity contribution in [3.63, 3.8) is 0 Å². The van der Waals surface area contributed by atoms with Crippen molar-refractivity contribution in [1.82, 2.24) is 0 Å². The fourth-order valence-corrected chi connectivity index (χ4v) is 2.98. The van der Waals surface area contributed by atoms with Gasteiger partial charge in [0.1, 0.15) is 26.0 Å². The van der Waals surface area contributed by atoms with Gasteiger partial charge in [0.25, 0.3) is 6.02 Å². The molecule has 2 aromatic carbocycles. The van der Waals surface area contributed by atoms with Crippen molar-refractivity contribution < 1.29 is 13.9 Å². The van der Waals surface area contributed by atoms with E-state index in [0.29, 0.717) is 16.2 Å². The average Bonchev–Trinajstić information content (AvgIpc) is 2.93. The standard InChI is InChI=1S/C16H15BClFN2O2/c1-22-14-5-3-10(7-12(14)18)16(8-23-15(20)21-16)9-2-4-13(19)11(17)6-9/h2-7H,8,17H2,1H3,(H2,20,21). The number of nitrogens with two attached hydrogens (primary N) is 1. The van der Waals surface area contributed by atoms with Crippen LogP contribution in [0.3, 0.4) is 0 Å². The molecule has 0 fully saturated rings. The van der Waals surface area contributed by atoms with Crippen LogP contribution in [-0.4, -0.2) is 27.6 Å². The molecule has 2 aromatic rings. The average molecular weight is 333 g/mol. The molecule has 1 heterocycles. The first-order chi connectivity index (χ1) is 11.0. The molecular formula is C16H15BClFN2O2. The zero-order valence-corrected chi connectivity index (χ0v) is 13.5. The van der Waals surface area contributed by atoms with E-state index in [-0.39, 0.29) is 18.4 Å². The lowest BCUT2D eigenvalue weighted by Gasteiger charge is -2.26. The molecule has 2 N–H and O–H groups in total. The summed E-state index contributed by atoms with van der Waals surface area (Å²) in [5.74, 6) is 0.296. The third kappa shape index (κ3) is 2.63. The van der Waals surface area contributed by atoms with Gasteiger partial charge in [0.05, 0.1) is 12.1 Å². The molecule has 1 unspecified atom stereocenters. The zero-order valence-electron chi connectivity index (χ0n) is 12.8. The molecule has 0 aromatic heterocycles. The van der Waals surface area contributed by atoms with E-state index in [9.17, 15) is 4.39 Å². The first kappa shape index (κ1) is 15.7. The van der Waals surface area contributed by atoms with Crippen molar-refractivity contribution in [2.24, 2.45) is 10.7 Å². The Morgan fingerprint density at radius 1 is 1.30 bits per heavy atom. The van der Waals surface area contributed by atoms with Crippen molar-refractivity contribution in [3.8, 4) is 5.75 Å². The van der Waals surface area contributed by atoms with Gasteiger partial charge in [-0.2, -0.15) is 0 Å². The number of hydrogen-bond donors (Lipinski definition) is 1. The van der Waals surface area contributed by atoms with E-state index >= 15 is 0 Å². The van der Waals surface area contributed by atoms with Crippen LogP contribution < -0.4 is 15.9 Å². The molecule has 0 saturated heterocycles. The van der Waals surface area contributed by atoms with Gasteiger partial charge in [0.15, 0.2) is 5.54 Å². The van der Waals surface area contributed by atoms with E-state index < -0.39 is 5.54 Å². The van der Waals surface area contributed by atoms with Gasteiger partial charge in [0.2, 0.25) is 0 Å². The summed E-state index contributed by atoms with van der Waals surface area (Å²) >= 11 is 6.24. The van der Waals surface area contributed by atoms with Crippen LogP contribution in [-0.2, 0) is 10.3 Å². The molecule has 0 bridgehead atoms. The predicted octanol–water partition coefficient (Wildman–Crippen LogP) is 1.33. The Hall–Kier alpha value is -2.21. The molecule has 0 spiro atoms. The summed E-state index contributed by atoms with van der Waals surface area (Å²) in [6, 6.07) is 10.3. The maximum Gasteiger partial charge on any atom is 0.283 e. The summed E-state index contributed by atoms with van der Waals surface area (Å²) < 4.78 is 24.2. The number of halogens is 2. The van der Waals surface area contributed by atoms with Gasteiger partial charge in [-0.05, 0) is 29.3 Å². The Labute approximate surface area is 139 Å². The molecule has 0 amide bonds. The summed E-state index contributed by atoms with van der Waals surface area (Å²) in [4.78, 5) is 4.48. The van der Waals surface area contributed by atoms with E-state index in [4.69, 9.17) is 26.8 Å². The van der Waals surface area contributed by atoms with E-state index in [1.54, 1.807) is 39.2 Å². The molecule has 0 aliphatic carbocycles. The van der Waals surface area contributed by atoms with E-state index in [1.165, 1.54) is 6.07 Å². The lowest BCUT2D eigenvalue weighted by molar-refractivity contribution is 0.278. The van der Waals surface area contributed by atoms with Gasteiger partial charge in [-0.25, -0.2) is 9.38 Å². The van der Waals surface area contributed by atoms with Crippen LogP contribution in [0.2, 0.25) is 5.02 Å². The van der Waals surface area contributed by atoms with Crippen LogP contribution in [0.1, 0.15) is 11.1 Å². The first-order valence-electron chi connectivity index (χ1n) is 7.05. The lowest BCUT2D eigenvalue weighted by Crippen LogP contribution is -2.29. The molecule has 4 nitrogen and oxygen atoms in total. The van der Waals surface area contributed by atoms with Gasteiger partial charge >= 0.3 is 0 Å². The van der Waals surface area contributed by atoms with Crippen molar-refractivity contribution in [3.05, 3.63) is 58.4 Å². The number of ether oxygens (including phenoxy) is 2. The fourth-order valence-electron chi connectivity index (χ4n) is 2.72. The Bertz CT molecular complexity index is 800. The highest BCUT2D eigenvalue weighted by molar-refractivity contribution is 6.32. The topological polar surface area (TPSA) is 56.8 Å². The molecule has 118 valence electrons. The van der Waals surface area contributed by atoms with E-state index in [0.717, 1.165) is 11.1 Å². The number of aliphatic imine (C=N–C) groups is 1. The summed E-state index contributed by atoms with van der Waals surface area (Å²) in [7, 11) is 3.26. The van der Waals surface area contributed by atoms with E-state index in [1.807, 2.05) is 6.07 Å². The molecule has 0 radical (unpaired) electrons. The highest BCUT2D eigenvalue weighted by Crippen LogP contribution is 2.39. The molecule has 3 rings (SSSR count). The van der Waals surface area contributed by atoms with Crippen LogP contribution in [0.15, 0.2) is 41.4 Å². The van der Waals surface area contributed by atoms with Crippen molar-refractivity contribution in [1.29, 1.82) is 0 Å². The maximum absolute atomic E-state index is 13.6. The second kappa shape index (κ2) is 5.78. The Kier molecular flexibility index (Phi) is 3.94. The number of amidine groups is 1. The number of nitrogens with zero attached hydrogens (tertiary/aromatic N) is 1. The molecule has 1 aliphatic rings. The summed E-state index contributed by atoms with van der Waals surface area (Å²) in [6.07, 6.45) is 0. The normalized spacial score (nSPS) is 20.0. The minimum atomic E-state index is -0.849. The van der Waals surface area contributed by atoms with Gasteiger partial charge in [0, 0.05) is 0 Å². The van der Waals surface area contributed by atoms with Gasteiger partial charge in [-0.3, -0.25) is 0 Å². The predicted molar refractivity (Wildman–Crippen MR) is 90.9 cm³/mol. The highest BCUT2D eigenvalue weighted by Gasteiger charge is 2.40. The second-order valence-electron chi connectivity index (χ2n) is 5.41. The zero-order chi connectivity index (χ0) is 16.6. The van der Waals surface area contributed by atoms with Crippen LogP contribution >= 0.6 is 11.6 Å². The van der Waals surface area contributed by atoms with Gasteiger partial charge in [-0.1, -0.05) is 35.3 Å². The van der Waals surface area contributed by atoms with Crippen LogP contribution in [0, 0.1) is 5.82 Å². The third-order valence-electron chi connectivity index (χ3n) is 3.99. The summed E-state index contributed by atoms with van der Waals surface area (Å²) in [5, 5.41) is 0.462. The third-order valence-corrected chi connectivity index (χ3v) is 4.29. The largest absolute Gasteiger partial charge is 0.495 e. The summed E-state index contributed by atoms with van der Waals surface area (Å²) in [6.45, 7) is 0.229. The summed E-state index contributed by atoms with van der Waals surface area (Å²) in [5.41, 5.74) is 7.01. The molecule has 0 saturated carbocycles. The first-order valence-corrected chi connectivity index (χ1v) is 7.43. The minimum absolute atomic E-state index is 0.0962. The second-order valence-corrected chi connectivity index (χ2v) is 5.82. The monoisotopic (exact) mass is 332 g/mol. The fraction of sp³-hybridized carbons (Fsp3) is 0.188. The Balaban J connectivity index is 2.18. The van der Waals surface area contributed by atoms with Gasteiger partial charge in [-0.15, -0.1) is 0 Å². The van der Waals surface area contributed by atoms with Crippen LogP contribution in [0.4, 0.5) is 4.39 Å². The molecular weight excluding hydrogens is 317 g/mol. The number of benzene rings is 2. The lowest BCUT2D eigenvalue weighted by atomic mass is 9.81. The van der Waals surface area contributed by atoms with Crippen LogP contribution in [0.5, 0.6) is 5.75 Å². The quantitative estimate of drug-likeness (QED) is 0.863. The molecule has 23 heavy (non-hydrogen) atoms. The van der Waals surface area contributed by atoms with E-state index in [2.05, 4.69) is 4.99 Å². The number of rotatable bonds is 3. The molecule has 1 aliphatic heterocycles. The maximum atomic E-state index is 13.6. The van der Waals surface area contributed by atoms with Crippen LogP contribution in [0.25, 0.3) is 0 Å². The smallest absolute Gasteiger partial charge is 0.283 e. The molecule has 1 atom stereocenters. The SMILES string of the molecule is Bc1cc(C2(c3ccc(OC)c(Cl)c3)COC(N)=N2)ccc1F. The molecule has 7 heteroatoms. The Morgan fingerprint density at radius 2 is 2.00 bits per heavy atom. The number of methoxy groups -OCH3 is 1. The van der Waals surface area contributed by atoms with Crippen molar-refractivity contribution in [2.75, 3.05) is 13.7 Å². The van der Waals surface area contributed by atoms with Crippen molar-refractivity contribution in [2.45, 2.75) is 5.54 Å². The minimum Gasteiger partial charge on any atom is -0.495 e.